The van der Waals surface area contributed by atoms with E-state index in [0.717, 1.165) is 17.0 Å². The summed E-state index contributed by atoms with van der Waals surface area (Å²) in [4.78, 5) is 4.32. The molecule has 148 valence electrons. The number of halogens is 1. The van der Waals surface area contributed by atoms with Crippen molar-refractivity contribution in [3.05, 3.63) is 65.3 Å². The van der Waals surface area contributed by atoms with Crippen LogP contribution >= 0.6 is 23.4 Å². The van der Waals surface area contributed by atoms with Gasteiger partial charge in [0.25, 0.3) is 0 Å². The molecule has 0 bridgehead atoms. The molecule has 4 rings (SSSR count). The Bertz CT molecular complexity index is 1130. The zero-order valence-corrected chi connectivity index (χ0v) is 17.6. The van der Waals surface area contributed by atoms with Gasteiger partial charge in [-0.3, -0.25) is 4.57 Å². The molecule has 7 nitrogen and oxygen atoms in total. The van der Waals surface area contributed by atoms with Gasteiger partial charge in [-0.1, -0.05) is 40.7 Å². The fourth-order valence-electron chi connectivity index (χ4n) is 2.81. The van der Waals surface area contributed by atoms with Gasteiger partial charge in [-0.25, -0.2) is 0 Å². The maximum atomic E-state index is 6.09. The summed E-state index contributed by atoms with van der Waals surface area (Å²) >= 11 is 7.58. The molecule has 2 aromatic carbocycles. The van der Waals surface area contributed by atoms with Crippen LogP contribution in [0.1, 0.15) is 23.9 Å². The molecule has 0 radical (unpaired) electrons. The molecule has 0 saturated heterocycles. The number of nitrogens with zero attached hydrogens (tertiary/aromatic N) is 5. The molecule has 29 heavy (non-hydrogen) atoms. The van der Waals surface area contributed by atoms with Crippen LogP contribution in [0.2, 0.25) is 5.02 Å². The first-order valence-corrected chi connectivity index (χ1v) is 10.1. The summed E-state index contributed by atoms with van der Waals surface area (Å²) in [6, 6.07) is 15.3. The van der Waals surface area contributed by atoms with Gasteiger partial charge in [-0.2, -0.15) is 4.98 Å². The standard InChI is InChI=1S/C20H18ClN5O2S/c1-12(19-22-13(2)25-28-19)29-20-24-23-18(14-5-4-6-17(11-14)27-3)26(20)16-9-7-15(21)8-10-16/h4-12H,1-3H3. The fraction of sp³-hybridized carbons (Fsp3) is 0.200. The number of hydrogen-bond donors (Lipinski definition) is 0. The minimum atomic E-state index is -0.0930. The molecule has 0 spiro atoms. The predicted molar refractivity (Wildman–Crippen MR) is 112 cm³/mol. The van der Waals surface area contributed by atoms with E-state index in [0.29, 0.717) is 27.7 Å². The van der Waals surface area contributed by atoms with Crippen molar-refractivity contribution in [1.29, 1.82) is 0 Å². The first kappa shape index (κ1) is 19.5. The Morgan fingerprint density at radius 3 is 2.62 bits per heavy atom. The molecule has 0 fully saturated rings. The SMILES string of the molecule is COc1cccc(-c2nnc(SC(C)c3nc(C)no3)n2-c2ccc(Cl)cc2)c1. The Hall–Kier alpha value is -2.84. The van der Waals surface area contributed by atoms with Crippen LogP contribution in [0.3, 0.4) is 0 Å². The van der Waals surface area contributed by atoms with Crippen molar-refractivity contribution in [2.75, 3.05) is 7.11 Å². The van der Waals surface area contributed by atoms with Gasteiger partial charge in [0, 0.05) is 16.3 Å². The third-order valence-corrected chi connectivity index (χ3v) is 5.50. The second-order valence-electron chi connectivity index (χ2n) is 6.29. The Labute approximate surface area is 177 Å². The van der Waals surface area contributed by atoms with Gasteiger partial charge >= 0.3 is 0 Å². The van der Waals surface area contributed by atoms with Crippen LogP contribution in [-0.4, -0.2) is 32.0 Å². The van der Waals surface area contributed by atoms with E-state index in [4.69, 9.17) is 20.9 Å². The molecule has 1 atom stereocenters. The maximum absolute atomic E-state index is 6.09. The number of rotatable bonds is 6. The summed E-state index contributed by atoms with van der Waals surface area (Å²) < 4.78 is 12.7. The first-order valence-electron chi connectivity index (χ1n) is 8.88. The molecule has 1 unspecified atom stereocenters. The van der Waals surface area contributed by atoms with Gasteiger partial charge in [-0.15, -0.1) is 10.2 Å². The van der Waals surface area contributed by atoms with Crippen LogP contribution in [0, 0.1) is 6.92 Å². The van der Waals surface area contributed by atoms with Crippen LogP contribution in [0.4, 0.5) is 0 Å². The van der Waals surface area contributed by atoms with E-state index in [9.17, 15) is 0 Å². The molecule has 0 aliphatic rings. The third kappa shape index (κ3) is 4.13. The zero-order chi connectivity index (χ0) is 20.4. The molecule has 2 heterocycles. The van der Waals surface area contributed by atoms with Gasteiger partial charge < -0.3 is 9.26 Å². The number of ether oxygens (including phenoxy) is 1. The minimum Gasteiger partial charge on any atom is -0.497 e. The molecule has 0 aliphatic carbocycles. The summed E-state index contributed by atoms with van der Waals surface area (Å²) in [5, 5.41) is 14.0. The van der Waals surface area contributed by atoms with Crippen molar-refractivity contribution in [3.63, 3.8) is 0 Å². The van der Waals surface area contributed by atoms with Crippen LogP contribution in [0.15, 0.2) is 58.2 Å². The van der Waals surface area contributed by atoms with Gasteiger partial charge in [0.15, 0.2) is 16.8 Å². The number of thioether (sulfide) groups is 1. The van der Waals surface area contributed by atoms with E-state index in [-0.39, 0.29) is 5.25 Å². The lowest BCUT2D eigenvalue weighted by molar-refractivity contribution is 0.376. The number of aromatic nitrogens is 5. The Balaban J connectivity index is 1.78. The van der Waals surface area contributed by atoms with Crippen LogP contribution in [0.5, 0.6) is 5.75 Å². The second kappa shape index (κ2) is 8.26. The summed E-state index contributed by atoms with van der Waals surface area (Å²) in [6.45, 7) is 3.78. The zero-order valence-electron chi connectivity index (χ0n) is 16.0. The topological polar surface area (TPSA) is 78.9 Å². The van der Waals surface area contributed by atoms with Crippen molar-refractivity contribution in [2.24, 2.45) is 0 Å². The number of aryl methyl sites for hydroxylation is 1. The molecule has 4 aromatic rings. The quantitative estimate of drug-likeness (QED) is 0.394. The molecule has 0 N–H and O–H groups in total. The number of benzene rings is 2. The third-order valence-electron chi connectivity index (χ3n) is 4.22. The Morgan fingerprint density at radius 2 is 1.93 bits per heavy atom. The molecular weight excluding hydrogens is 410 g/mol. The van der Waals surface area contributed by atoms with Crippen molar-refractivity contribution in [3.8, 4) is 22.8 Å². The largest absolute Gasteiger partial charge is 0.497 e. The van der Waals surface area contributed by atoms with E-state index in [1.165, 1.54) is 11.8 Å². The summed E-state index contributed by atoms with van der Waals surface area (Å²) in [7, 11) is 1.64. The molecule has 2 aromatic heterocycles. The minimum absolute atomic E-state index is 0.0930. The van der Waals surface area contributed by atoms with Gasteiger partial charge in [0.2, 0.25) is 5.89 Å². The van der Waals surface area contributed by atoms with Crippen LogP contribution < -0.4 is 4.74 Å². The highest BCUT2D eigenvalue weighted by molar-refractivity contribution is 7.99. The molecule has 0 saturated carbocycles. The normalized spacial score (nSPS) is 12.1. The van der Waals surface area contributed by atoms with Crippen LogP contribution in [0.25, 0.3) is 17.1 Å². The lowest BCUT2D eigenvalue weighted by Crippen LogP contribution is -2.01. The molecular formula is C20H18ClN5O2S. The monoisotopic (exact) mass is 427 g/mol. The van der Waals surface area contributed by atoms with Crippen molar-refractivity contribution in [1.82, 2.24) is 24.9 Å². The molecule has 0 amide bonds. The maximum Gasteiger partial charge on any atom is 0.239 e. The number of hydrogen-bond acceptors (Lipinski definition) is 7. The second-order valence-corrected chi connectivity index (χ2v) is 8.03. The van der Waals surface area contributed by atoms with Crippen molar-refractivity contribution < 1.29 is 9.26 Å². The van der Waals surface area contributed by atoms with E-state index >= 15 is 0 Å². The summed E-state index contributed by atoms with van der Waals surface area (Å²) in [6.07, 6.45) is 0. The van der Waals surface area contributed by atoms with Gasteiger partial charge in [-0.05, 0) is 50.2 Å². The van der Waals surface area contributed by atoms with E-state index in [1.807, 2.05) is 60.0 Å². The Kier molecular flexibility index (Phi) is 5.55. The summed E-state index contributed by atoms with van der Waals surface area (Å²) in [5.41, 5.74) is 1.79. The first-order chi connectivity index (χ1) is 14.0. The smallest absolute Gasteiger partial charge is 0.239 e. The lowest BCUT2D eigenvalue weighted by atomic mass is 10.2. The highest BCUT2D eigenvalue weighted by Crippen LogP contribution is 2.37. The summed E-state index contributed by atoms with van der Waals surface area (Å²) in [5.74, 6) is 2.59. The number of methoxy groups -OCH3 is 1. The van der Waals surface area contributed by atoms with Crippen molar-refractivity contribution in [2.45, 2.75) is 24.3 Å². The van der Waals surface area contributed by atoms with E-state index in [1.54, 1.807) is 14.0 Å². The lowest BCUT2D eigenvalue weighted by Gasteiger charge is -2.12. The highest BCUT2D eigenvalue weighted by atomic mass is 35.5. The van der Waals surface area contributed by atoms with Crippen molar-refractivity contribution >= 4 is 23.4 Å². The average molecular weight is 428 g/mol. The van der Waals surface area contributed by atoms with Gasteiger partial charge in [0.1, 0.15) is 5.75 Å². The van der Waals surface area contributed by atoms with E-state index < -0.39 is 0 Å². The molecule has 0 aliphatic heterocycles. The fourth-order valence-corrected chi connectivity index (χ4v) is 3.83. The molecule has 9 heteroatoms. The van der Waals surface area contributed by atoms with E-state index in [2.05, 4.69) is 20.3 Å². The van der Waals surface area contributed by atoms with Gasteiger partial charge in [0.05, 0.1) is 12.4 Å². The Morgan fingerprint density at radius 1 is 1.14 bits per heavy atom. The predicted octanol–water partition coefficient (Wildman–Crippen LogP) is 5.14. The average Bonchev–Trinajstić information content (AvgIpc) is 3.35. The van der Waals surface area contributed by atoms with Crippen LogP contribution in [-0.2, 0) is 0 Å². The highest BCUT2D eigenvalue weighted by Gasteiger charge is 2.22.